The molecule has 0 radical (unpaired) electrons. The minimum absolute atomic E-state index is 0.0451. The van der Waals surface area contributed by atoms with Crippen LogP contribution in [0, 0.1) is 12.8 Å². The average molecular weight is 487 g/mol. The summed E-state index contributed by atoms with van der Waals surface area (Å²) in [6, 6.07) is 9.10. The summed E-state index contributed by atoms with van der Waals surface area (Å²) < 4.78 is 38.6. The maximum absolute atomic E-state index is 13.2. The van der Waals surface area contributed by atoms with E-state index in [1.165, 1.54) is 9.87 Å². The summed E-state index contributed by atoms with van der Waals surface area (Å²) in [5, 5.41) is 3.11. The van der Waals surface area contributed by atoms with Crippen LogP contribution in [0.15, 0.2) is 35.2 Å². The lowest BCUT2D eigenvalue weighted by Gasteiger charge is -2.31. The Bertz CT molecular complexity index is 1170. The van der Waals surface area contributed by atoms with Gasteiger partial charge in [0.2, 0.25) is 15.9 Å². The van der Waals surface area contributed by atoms with Gasteiger partial charge in [0, 0.05) is 19.0 Å². The Kier molecular flexibility index (Phi) is 7.19. The van der Waals surface area contributed by atoms with Crippen LogP contribution >= 0.6 is 0 Å². The second-order valence-corrected chi connectivity index (χ2v) is 11.2. The average Bonchev–Trinajstić information content (AvgIpc) is 3.31. The van der Waals surface area contributed by atoms with E-state index in [0.29, 0.717) is 42.3 Å². The van der Waals surface area contributed by atoms with Crippen molar-refractivity contribution >= 4 is 15.9 Å². The van der Waals surface area contributed by atoms with Crippen LogP contribution in [0.1, 0.15) is 54.5 Å². The normalized spacial score (nSPS) is 17.8. The fourth-order valence-corrected chi connectivity index (χ4v) is 6.61. The van der Waals surface area contributed by atoms with Crippen molar-refractivity contribution in [3.8, 4) is 11.5 Å². The monoisotopic (exact) mass is 486 g/mol. The summed E-state index contributed by atoms with van der Waals surface area (Å²) in [6.45, 7) is 4.62. The van der Waals surface area contributed by atoms with Crippen molar-refractivity contribution in [3.05, 3.63) is 52.6 Å². The molecule has 1 amide bonds. The molecule has 1 aliphatic carbocycles. The van der Waals surface area contributed by atoms with Crippen LogP contribution in [0.3, 0.4) is 0 Å². The van der Waals surface area contributed by atoms with Gasteiger partial charge in [-0.15, -0.1) is 0 Å². The first-order chi connectivity index (χ1) is 16.2. The Morgan fingerprint density at radius 2 is 1.68 bits per heavy atom. The molecular formula is C26H34N2O5S. The minimum atomic E-state index is -3.54. The molecule has 1 saturated heterocycles. The molecule has 34 heavy (non-hydrogen) atoms. The van der Waals surface area contributed by atoms with Gasteiger partial charge in [0.1, 0.15) is 0 Å². The van der Waals surface area contributed by atoms with E-state index in [2.05, 4.69) is 5.32 Å². The second-order valence-electron chi connectivity index (χ2n) is 9.26. The van der Waals surface area contributed by atoms with Crippen molar-refractivity contribution in [2.45, 2.75) is 56.9 Å². The molecule has 7 nitrogen and oxygen atoms in total. The molecule has 0 aromatic heterocycles. The lowest BCUT2D eigenvalue weighted by molar-refractivity contribution is -0.126. The number of carbonyl (C=O) groups is 1. The topological polar surface area (TPSA) is 84.9 Å². The third-order valence-corrected chi connectivity index (χ3v) is 9.02. The number of hydrogen-bond donors (Lipinski definition) is 1. The summed E-state index contributed by atoms with van der Waals surface area (Å²) in [5.74, 6) is 1.01. The number of amides is 1. The molecule has 1 heterocycles. The number of ether oxygens (including phenoxy) is 2. The van der Waals surface area contributed by atoms with E-state index in [9.17, 15) is 13.2 Å². The third kappa shape index (κ3) is 4.79. The highest BCUT2D eigenvalue weighted by atomic mass is 32.2. The number of carbonyl (C=O) groups excluding carboxylic acids is 1. The molecule has 2 aromatic carbocycles. The number of aryl methyl sites for hydroxylation is 3. The summed E-state index contributed by atoms with van der Waals surface area (Å²) >= 11 is 0. The fourth-order valence-electron chi connectivity index (χ4n) is 5.09. The first-order valence-electron chi connectivity index (χ1n) is 11.9. The van der Waals surface area contributed by atoms with E-state index < -0.39 is 10.0 Å². The molecule has 4 rings (SSSR count). The number of nitrogens with one attached hydrogen (secondary N) is 1. The molecule has 1 aliphatic heterocycles. The molecule has 0 saturated carbocycles. The van der Waals surface area contributed by atoms with E-state index in [1.807, 2.05) is 38.1 Å². The summed E-state index contributed by atoms with van der Waals surface area (Å²) in [5.41, 5.74) is 4.37. The Morgan fingerprint density at radius 1 is 1.03 bits per heavy atom. The Balaban J connectivity index is 1.38. The van der Waals surface area contributed by atoms with Crippen LogP contribution in [0.2, 0.25) is 0 Å². The number of rotatable bonds is 7. The quantitative estimate of drug-likeness (QED) is 0.644. The molecule has 1 atom stereocenters. The van der Waals surface area contributed by atoms with Crippen LogP contribution in [0.25, 0.3) is 0 Å². The predicted octanol–water partition coefficient (Wildman–Crippen LogP) is 3.78. The highest BCUT2D eigenvalue weighted by Gasteiger charge is 2.33. The van der Waals surface area contributed by atoms with Crippen molar-refractivity contribution in [1.82, 2.24) is 9.62 Å². The summed E-state index contributed by atoms with van der Waals surface area (Å²) in [6.07, 6.45) is 4.07. The molecular weight excluding hydrogens is 452 g/mol. The number of benzene rings is 2. The smallest absolute Gasteiger partial charge is 0.243 e. The van der Waals surface area contributed by atoms with E-state index in [-0.39, 0.29) is 17.9 Å². The molecule has 2 aromatic rings. The van der Waals surface area contributed by atoms with Gasteiger partial charge in [-0.3, -0.25) is 4.79 Å². The SMILES string of the molecule is COc1cc(C)c(C(C)NC(=O)C2CCN(S(=O)(=O)c3ccc4c(c3)CCC4)CC2)cc1OC. The van der Waals surface area contributed by atoms with E-state index >= 15 is 0 Å². The van der Waals surface area contributed by atoms with Crippen molar-refractivity contribution in [2.75, 3.05) is 27.3 Å². The highest BCUT2D eigenvalue weighted by Crippen LogP contribution is 2.33. The highest BCUT2D eigenvalue weighted by molar-refractivity contribution is 7.89. The molecule has 1 N–H and O–H groups in total. The first-order valence-corrected chi connectivity index (χ1v) is 13.3. The second kappa shape index (κ2) is 9.96. The minimum Gasteiger partial charge on any atom is -0.493 e. The number of piperidine rings is 1. The lowest BCUT2D eigenvalue weighted by Crippen LogP contribution is -2.43. The van der Waals surface area contributed by atoms with Gasteiger partial charge in [-0.25, -0.2) is 8.42 Å². The Hall–Kier alpha value is -2.58. The van der Waals surface area contributed by atoms with Gasteiger partial charge in [0.25, 0.3) is 0 Å². The van der Waals surface area contributed by atoms with Crippen molar-refractivity contribution in [3.63, 3.8) is 0 Å². The first kappa shape index (κ1) is 24.5. The maximum Gasteiger partial charge on any atom is 0.243 e. The van der Waals surface area contributed by atoms with Crippen molar-refractivity contribution in [2.24, 2.45) is 5.92 Å². The predicted molar refractivity (Wildman–Crippen MR) is 131 cm³/mol. The number of methoxy groups -OCH3 is 2. The number of sulfonamides is 1. The van der Waals surface area contributed by atoms with E-state index in [0.717, 1.165) is 36.0 Å². The summed E-state index contributed by atoms with van der Waals surface area (Å²) in [7, 11) is -0.358. The fraction of sp³-hybridized carbons (Fsp3) is 0.500. The zero-order chi connectivity index (χ0) is 24.5. The van der Waals surface area contributed by atoms with Crippen molar-refractivity contribution < 1.29 is 22.7 Å². The van der Waals surface area contributed by atoms with Gasteiger partial charge >= 0.3 is 0 Å². The van der Waals surface area contributed by atoms with Gasteiger partial charge in [0.05, 0.1) is 25.2 Å². The molecule has 2 aliphatic rings. The standard InChI is InChI=1S/C26H34N2O5S/c1-17-14-24(32-3)25(33-4)16-23(17)18(2)27-26(29)20-10-12-28(13-11-20)34(30,31)22-9-8-19-6-5-7-21(19)15-22/h8-9,14-16,18,20H,5-7,10-13H2,1-4H3,(H,27,29). The van der Waals surface area contributed by atoms with Crippen LogP contribution in [0.5, 0.6) is 11.5 Å². The molecule has 8 heteroatoms. The van der Waals surface area contributed by atoms with Crippen LogP contribution < -0.4 is 14.8 Å². The van der Waals surface area contributed by atoms with Gasteiger partial charge in [-0.1, -0.05) is 6.07 Å². The van der Waals surface area contributed by atoms with Crippen molar-refractivity contribution in [1.29, 1.82) is 0 Å². The van der Waals surface area contributed by atoms with Crippen LogP contribution in [-0.2, 0) is 27.7 Å². The molecule has 1 unspecified atom stereocenters. The Labute approximate surface area is 202 Å². The molecule has 1 fully saturated rings. The Morgan fingerprint density at radius 3 is 2.35 bits per heavy atom. The number of nitrogens with zero attached hydrogens (tertiary/aromatic N) is 1. The lowest BCUT2D eigenvalue weighted by atomic mass is 9.95. The summed E-state index contributed by atoms with van der Waals surface area (Å²) in [4.78, 5) is 13.4. The van der Waals surface area contributed by atoms with Gasteiger partial charge in [0.15, 0.2) is 11.5 Å². The zero-order valence-corrected chi connectivity index (χ0v) is 21.2. The third-order valence-electron chi connectivity index (χ3n) is 7.13. The van der Waals surface area contributed by atoms with Crippen LogP contribution in [0.4, 0.5) is 0 Å². The van der Waals surface area contributed by atoms with E-state index in [4.69, 9.17) is 9.47 Å². The van der Waals surface area contributed by atoms with Gasteiger partial charge in [-0.2, -0.15) is 4.31 Å². The van der Waals surface area contributed by atoms with E-state index in [1.54, 1.807) is 20.3 Å². The largest absolute Gasteiger partial charge is 0.493 e. The zero-order valence-electron chi connectivity index (χ0n) is 20.4. The van der Waals surface area contributed by atoms with Gasteiger partial charge in [-0.05, 0) is 92.5 Å². The molecule has 184 valence electrons. The number of hydrogen-bond acceptors (Lipinski definition) is 5. The van der Waals surface area contributed by atoms with Crippen LogP contribution in [-0.4, -0.2) is 45.9 Å². The maximum atomic E-state index is 13.2. The van der Waals surface area contributed by atoms with Gasteiger partial charge < -0.3 is 14.8 Å². The number of fused-ring (bicyclic) bond motifs is 1. The molecule has 0 spiro atoms. The molecule has 0 bridgehead atoms.